The van der Waals surface area contributed by atoms with E-state index in [0.717, 1.165) is 62.1 Å². The number of para-hydroxylation sites is 1. The van der Waals surface area contributed by atoms with Crippen molar-refractivity contribution in [1.82, 2.24) is 10.2 Å². The highest BCUT2D eigenvalue weighted by atomic mass is 35.5. The van der Waals surface area contributed by atoms with E-state index in [1.54, 1.807) is 7.11 Å². The number of hydrogen-bond acceptors (Lipinski definition) is 5. The monoisotopic (exact) mass is 468 g/mol. The van der Waals surface area contributed by atoms with Crippen molar-refractivity contribution in [1.29, 1.82) is 0 Å². The second kappa shape index (κ2) is 9.82. The van der Waals surface area contributed by atoms with Crippen LogP contribution in [-0.4, -0.2) is 69.8 Å². The first-order valence-electron chi connectivity index (χ1n) is 12.1. The Balaban J connectivity index is 1.37. The van der Waals surface area contributed by atoms with Crippen LogP contribution in [0.1, 0.15) is 18.4 Å². The molecule has 0 spiro atoms. The van der Waals surface area contributed by atoms with Gasteiger partial charge in [0, 0.05) is 44.5 Å². The first-order valence-corrected chi connectivity index (χ1v) is 12.4. The molecule has 2 atom stereocenters. The van der Waals surface area contributed by atoms with Crippen molar-refractivity contribution >= 4 is 28.9 Å². The van der Waals surface area contributed by atoms with E-state index in [0.29, 0.717) is 6.54 Å². The lowest BCUT2D eigenvalue weighted by Crippen LogP contribution is -2.61. The van der Waals surface area contributed by atoms with E-state index in [-0.39, 0.29) is 17.9 Å². The van der Waals surface area contributed by atoms with E-state index in [2.05, 4.69) is 38.2 Å². The number of benzene rings is 2. The predicted molar refractivity (Wildman–Crippen MR) is 134 cm³/mol. The number of amides is 1. The highest BCUT2D eigenvalue weighted by Crippen LogP contribution is 2.39. The lowest BCUT2D eigenvalue weighted by molar-refractivity contribution is -0.125. The fourth-order valence-corrected chi connectivity index (χ4v) is 5.86. The van der Waals surface area contributed by atoms with E-state index in [9.17, 15) is 4.79 Å². The molecule has 2 saturated heterocycles. The Labute approximate surface area is 201 Å². The Hall–Kier alpha value is -2.44. The number of nitrogens with zero attached hydrogens (tertiary/aromatic N) is 3. The minimum absolute atomic E-state index is 0.0846. The number of likely N-dealkylation sites (tertiary alicyclic amines) is 1. The van der Waals surface area contributed by atoms with E-state index in [4.69, 9.17) is 16.3 Å². The number of rotatable bonds is 6. The van der Waals surface area contributed by atoms with Gasteiger partial charge in [-0.1, -0.05) is 29.8 Å². The van der Waals surface area contributed by atoms with Crippen LogP contribution in [0.25, 0.3) is 0 Å². The van der Waals surface area contributed by atoms with Gasteiger partial charge in [-0.15, -0.1) is 0 Å². The maximum atomic E-state index is 13.4. The number of nitrogens with one attached hydrogen (secondary N) is 1. The molecular weight excluding hydrogens is 436 g/mol. The van der Waals surface area contributed by atoms with Gasteiger partial charge in [0.05, 0.1) is 29.8 Å². The molecular formula is C26H33ClN4O2. The summed E-state index contributed by atoms with van der Waals surface area (Å²) in [5.41, 5.74) is 3.46. The number of fused-ring (bicyclic) bond motifs is 3. The standard InChI is InChI=1S/C26H33ClN4O2/c1-33-20-9-8-19-16-21(26(32)28-10-13-29-11-4-5-12-29)25-18-30(14-15-31(25)24(19)17-20)23-7-3-2-6-22(23)27/h2-3,6-9,17,21,25H,4-5,10-16,18H2,1H3,(H,28,32)/t21-,25+/m1/s1. The summed E-state index contributed by atoms with van der Waals surface area (Å²) < 4.78 is 5.50. The zero-order chi connectivity index (χ0) is 22.8. The quantitative estimate of drug-likeness (QED) is 0.703. The molecule has 3 aliphatic rings. The average Bonchev–Trinajstić information content (AvgIpc) is 3.36. The van der Waals surface area contributed by atoms with E-state index in [1.165, 1.54) is 24.1 Å². The highest BCUT2D eigenvalue weighted by molar-refractivity contribution is 6.33. The molecule has 1 amide bonds. The van der Waals surface area contributed by atoms with Crippen LogP contribution in [0.3, 0.4) is 0 Å². The van der Waals surface area contributed by atoms with Crippen molar-refractivity contribution in [2.45, 2.75) is 25.3 Å². The topological polar surface area (TPSA) is 48.1 Å². The third kappa shape index (κ3) is 4.64. The summed E-state index contributed by atoms with van der Waals surface area (Å²) in [7, 11) is 1.70. The molecule has 176 valence electrons. The van der Waals surface area contributed by atoms with Gasteiger partial charge in [0.2, 0.25) is 5.91 Å². The fourth-order valence-electron chi connectivity index (χ4n) is 5.61. The number of anilines is 2. The molecule has 3 aliphatic heterocycles. The molecule has 3 heterocycles. The van der Waals surface area contributed by atoms with E-state index >= 15 is 0 Å². The van der Waals surface area contributed by atoms with Crippen molar-refractivity contribution in [2.24, 2.45) is 5.92 Å². The molecule has 7 heteroatoms. The van der Waals surface area contributed by atoms with Crippen LogP contribution in [0.15, 0.2) is 42.5 Å². The molecule has 0 aliphatic carbocycles. The summed E-state index contributed by atoms with van der Waals surface area (Å²) in [4.78, 5) is 20.6. The minimum atomic E-state index is -0.102. The summed E-state index contributed by atoms with van der Waals surface area (Å²) in [6.07, 6.45) is 3.28. The summed E-state index contributed by atoms with van der Waals surface area (Å²) >= 11 is 6.53. The molecule has 0 unspecified atom stereocenters. The molecule has 2 fully saturated rings. The number of carbonyl (C=O) groups excluding carboxylic acids is 1. The van der Waals surface area contributed by atoms with Gasteiger partial charge in [0.15, 0.2) is 0 Å². The fraction of sp³-hybridized carbons (Fsp3) is 0.500. The van der Waals surface area contributed by atoms with Crippen LogP contribution in [0.5, 0.6) is 5.75 Å². The second-order valence-corrected chi connectivity index (χ2v) is 9.71. The Kier molecular flexibility index (Phi) is 6.65. The van der Waals surface area contributed by atoms with Crippen LogP contribution >= 0.6 is 11.6 Å². The third-order valence-electron chi connectivity index (χ3n) is 7.38. The van der Waals surface area contributed by atoms with Gasteiger partial charge in [-0.3, -0.25) is 4.79 Å². The van der Waals surface area contributed by atoms with Crippen molar-refractivity contribution in [3.05, 3.63) is 53.1 Å². The van der Waals surface area contributed by atoms with Crippen LogP contribution in [0.2, 0.25) is 5.02 Å². The van der Waals surface area contributed by atoms with Gasteiger partial charge in [0.25, 0.3) is 0 Å². The third-order valence-corrected chi connectivity index (χ3v) is 7.70. The molecule has 0 radical (unpaired) electrons. The Morgan fingerprint density at radius 2 is 1.91 bits per heavy atom. The number of piperazine rings is 1. The molecule has 2 aromatic carbocycles. The average molecular weight is 469 g/mol. The van der Waals surface area contributed by atoms with Gasteiger partial charge in [-0.05, 0) is 56.1 Å². The first-order chi connectivity index (χ1) is 16.1. The molecule has 0 bridgehead atoms. The summed E-state index contributed by atoms with van der Waals surface area (Å²) in [5.74, 6) is 0.913. The van der Waals surface area contributed by atoms with Gasteiger partial charge in [-0.25, -0.2) is 0 Å². The SMILES string of the molecule is COc1ccc2c(c1)N1CCN(c3ccccc3Cl)C[C@H]1[C@H](C(=O)NCCN1CCCC1)C2. The lowest BCUT2D eigenvalue weighted by Gasteiger charge is -2.49. The van der Waals surface area contributed by atoms with Crippen molar-refractivity contribution < 1.29 is 9.53 Å². The van der Waals surface area contributed by atoms with Crippen molar-refractivity contribution in [3.63, 3.8) is 0 Å². The van der Waals surface area contributed by atoms with Crippen LogP contribution in [-0.2, 0) is 11.2 Å². The maximum absolute atomic E-state index is 13.4. The molecule has 2 aromatic rings. The summed E-state index contributed by atoms with van der Waals surface area (Å²) in [6.45, 7) is 6.42. The Bertz CT molecular complexity index is 994. The van der Waals surface area contributed by atoms with Crippen molar-refractivity contribution in [3.8, 4) is 5.75 Å². The number of carbonyl (C=O) groups is 1. The smallest absolute Gasteiger partial charge is 0.225 e. The van der Waals surface area contributed by atoms with Gasteiger partial charge >= 0.3 is 0 Å². The molecule has 0 saturated carbocycles. The molecule has 33 heavy (non-hydrogen) atoms. The lowest BCUT2D eigenvalue weighted by atomic mass is 9.83. The molecule has 6 nitrogen and oxygen atoms in total. The highest BCUT2D eigenvalue weighted by Gasteiger charge is 2.42. The van der Waals surface area contributed by atoms with Crippen LogP contribution in [0, 0.1) is 5.92 Å². The normalized spacial score (nSPS) is 22.6. The molecule has 5 rings (SSSR count). The maximum Gasteiger partial charge on any atom is 0.225 e. The van der Waals surface area contributed by atoms with Crippen molar-refractivity contribution in [2.75, 3.05) is 62.7 Å². The van der Waals surface area contributed by atoms with E-state index in [1.807, 2.05) is 24.3 Å². The number of halogens is 1. The Morgan fingerprint density at radius 3 is 2.70 bits per heavy atom. The number of hydrogen-bond donors (Lipinski definition) is 1. The van der Waals surface area contributed by atoms with Gasteiger partial charge in [0.1, 0.15) is 5.75 Å². The van der Waals surface area contributed by atoms with Crippen LogP contribution in [0.4, 0.5) is 11.4 Å². The predicted octanol–water partition coefficient (Wildman–Crippen LogP) is 3.43. The number of ether oxygens (including phenoxy) is 1. The largest absolute Gasteiger partial charge is 0.497 e. The first kappa shape index (κ1) is 22.4. The summed E-state index contributed by atoms with van der Waals surface area (Å²) in [5, 5.41) is 4.01. The number of methoxy groups -OCH3 is 1. The molecule has 1 N–H and O–H groups in total. The van der Waals surface area contributed by atoms with Gasteiger partial charge in [-0.2, -0.15) is 0 Å². The van der Waals surface area contributed by atoms with Gasteiger partial charge < -0.3 is 24.8 Å². The minimum Gasteiger partial charge on any atom is -0.497 e. The van der Waals surface area contributed by atoms with Crippen LogP contribution < -0.4 is 19.9 Å². The zero-order valence-corrected chi connectivity index (χ0v) is 20.1. The van der Waals surface area contributed by atoms with E-state index < -0.39 is 0 Å². The molecule has 0 aromatic heterocycles. The summed E-state index contributed by atoms with van der Waals surface area (Å²) in [6, 6.07) is 14.3. The zero-order valence-electron chi connectivity index (χ0n) is 19.3. The second-order valence-electron chi connectivity index (χ2n) is 9.30. The Morgan fingerprint density at radius 1 is 1.09 bits per heavy atom.